The smallest absolute Gasteiger partial charge is 0.409 e. The van der Waals surface area contributed by atoms with Crippen LogP contribution in [0.15, 0.2) is 18.3 Å². The molecule has 150 valence electrons. The maximum Gasteiger partial charge on any atom is 0.409 e. The molecule has 3 aliphatic rings. The third kappa shape index (κ3) is 3.14. The van der Waals surface area contributed by atoms with Gasteiger partial charge in [-0.15, -0.1) is 0 Å². The van der Waals surface area contributed by atoms with Crippen LogP contribution >= 0.6 is 0 Å². The molecule has 4 heterocycles. The molecule has 2 aromatic rings. The first-order chi connectivity index (χ1) is 13.4. The Kier molecular flexibility index (Phi) is 4.80. The van der Waals surface area contributed by atoms with Crippen molar-refractivity contribution < 1.29 is 23.8 Å². The molecule has 2 aliphatic heterocycles. The Hall–Kier alpha value is -2.52. The predicted octanol–water partition coefficient (Wildman–Crippen LogP) is 2.30. The van der Waals surface area contributed by atoms with Crippen molar-refractivity contribution in [2.24, 2.45) is 5.73 Å². The number of nitrogens with two attached hydrogens (primary N) is 1. The molecule has 2 bridgehead atoms. The van der Waals surface area contributed by atoms with Gasteiger partial charge in [0.05, 0.1) is 48.8 Å². The molecule has 28 heavy (non-hydrogen) atoms. The summed E-state index contributed by atoms with van der Waals surface area (Å²) in [7, 11) is 1.47. The van der Waals surface area contributed by atoms with Crippen LogP contribution < -0.4 is 10.5 Å². The zero-order chi connectivity index (χ0) is 19.9. The second kappa shape index (κ2) is 7.14. The number of aromatic nitrogens is 2. The fraction of sp³-hybridized carbons (Fsp3) is 0.526. The summed E-state index contributed by atoms with van der Waals surface area (Å²) in [5.74, 6) is -0.252. The number of hydrogen-bond acceptors (Lipinski definition) is 6. The van der Waals surface area contributed by atoms with Crippen molar-refractivity contribution in [3.63, 3.8) is 0 Å². The number of rotatable bonds is 5. The summed E-state index contributed by atoms with van der Waals surface area (Å²) in [5.41, 5.74) is 6.71. The van der Waals surface area contributed by atoms with E-state index in [1.54, 1.807) is 12.1 Å². The van der Waals surface area contributed by atoms with E-state index in [4.69, 9.17) is 15.2 Å². The van der Waals surface area contributed by atoms with E-state index in [1.165, 1.54) is 12.0 Å². The number of amides is 1. The number of ether oxygens (including phenoxy) is 2. The molecule has 0 spiro atoms. The molecular weight excluding hydrogens is 367 g/mol. The third-order valence-corrected chi connectivity index (χ3v) is 5.86. The van der Waals surface area contributed by atoms with Gasteiger partial charge in [-0.1, -0.05) is 0 Å². The third-order valence-electron chi connectivity index (χ3n) is 5.86. The molecule has 1 aliphatic carbocycles. The summed E-state index contributed by atoms with van der Waals surface area (Å²) >= 11 is 0. The maximum atomic E-state index is 14.6. The quantitative estimate of drug-likeness (QED) is 0.754. The van der Waals surface area contributed by atoms with Gasteiger partial charge in [0.2, 0.25) is 5.88 Å². The van der Waals surface area contributed by atoms with Crippen molar-refractivity contribution in [1.29, 1.82) is 0 Å². The number of nitrogens with zero attached hydrogens (tertiary/aromatic N) is 3. The highest BCUT2D eigenvalue weighted by Gasteiger charge is 2.49. The summed E-state index contributed by atoms with van der Waals surface area (Å²) in [6.07, 6.45) is 2.23. The van der Waals surface area contributed by atoms with E-state index in [-0.39, 0.29) is 18.1 Å². The zero-order valence-corrected chi connectivity index (χ0v) is 15.6. The van der Waals surface area contributed by atoms with Gasteiger partial charge in [-0.2, -0.15) is 0 Å². The van der Waals surface area contributed by atoms with Gasteiger partial charge in [-0.25, -0.2) is 14.2 Å². The van der Waals surface area contributed by atoms with Crippen LogP contribution in [-0.4, -0.2) is 57.6 Å². The number of carbonyl (C=O) groups is 1. The van der Waals surface area contributed by atoms with Crippen LogP contribution in [0.5, 0.6) is 5.88 Å². The van der Waals surface area contributed by atoms with E-state index in [0.717, 1.165) is 19.0 Å². The first-order valence-corrected chi connectivity index (χ1v) is 9.31. The lowest BCUT2D eigenvalue weighted by Gasteiger charge is -2.52. The van der Waals surface area contributed by atoms with Crippen molar-refractivity contribution in [3.8, 4) is 5.88 Å². The highest BCUT2D eigenvalue weighted by molar-refractivity contribution is 5.78. The average Bonchev–Trinajstić information content (AvgIpc) is 2.70. The van der Waals surface area contributed by atoms with Gasteiger partial charge in [-0.3, -0.25) is 9.88 Å². The molecule has 2 saturated heterocycles. The minimum atomic E-state index is -1.12. The van der Waals surface area contributed by atoms with E-state index in [1.807, 2.05) is 0 Å². The highest BCUT2D eigenvalue weighted by atomic mass is 19.1. The van der Waals surface area contributed by atoms with Gasteiger partial charge in [0.1, 0.15) is 5.82 Å². The van der Waals surface area contributed by atoms with Crippen LogP contribution in [0.2, 0.25) is 0 Å². The van der Waals surface area contributed by atoms with E-state index in [9.17, 15) is 14.3 Å². The standard InChI is InChI=1S/C19H23FN4O4/c1-27-16-3-2-14-17(23-16)12(13(20)9-22-14)8-15(21)24(18(25)26)19-6-4-11(5-7-19)28-10-19/h2-3,9,11,15H,4-8,10,21H2,1H3,(H,25,26). The molecule has 8 nitrogen and oxygen atoms in total. The van der Waals surface area contributed by atoms with E-state index in [0.29, 0.717) is 36.4 Å². The van der Waals surface area contributed by atoms with Crippen molar-refractivity contribution >= 4 is 17.1 Å². The van der Waals surface area contributed by atoms with Crippen LogP contribution in [0.3, 0.4) is 0 Å². The minimum absolute atomic E-state index is 0.0253. The molecular formula is C19H23FN4O4. The Morgan fingerprint density at radius 3 is 2.86 bits per heavy atom. The lowest BCUT2D eigenvalue weighted by Crippen LogP contribution is -2.65. The molecule has 0 radical (unpaired) electrons. The highest BCUT2D eigenvalue weighted by Crippen LogP contribution is 2.41. The van der Waals surface area contributed by atoms with Crippen molar-refractivity contribution in [2.75, 3.05) is 13.7 Å². The van der Waals surface area contributed by atoms with Gasteiger partial charge in [-0.05, 0) is 31.7 Å². The topological polar surface area (TPSA) is 111 Å². The number of methoxy groups -OCH3 is 1. The van der Waals surface area contributed by atoms with E-state index in [2.05, 4.69) is 9.97 Å². The van der Waals surface area contributed by atoms with Gasteiger partial charge in [0.25, 0.3) is 0 Å². The van der Waals surface area contributed by atoms with Crippen LogP contribution in [0.25, 0.3) is 11.0 Å². The predicted molar refractivity (Wildman–Crippen MR) is 98.5 cm³/mol. The fourth-order valence-corrected chi connectivity index (χ4v) is 4.41. The molecule has 1 saturated carbocycles. The summed E-state index contributed by atoms with van der Waals surface area (Å²) in [6.45, 7) is 0.323. The molecule has 2 aromatic heterocycles. The minimum Gasteiger partial charge on any atom is -0.481 e. The SMILES string of the molecule is COc1ccc2ncc(F)c(CC(N)N(C(=O)O)C34CCC(CC3)OC4)c2n1. The van der Waals surface area contributed by atoms with Crippen LogP contribution in [0.1, 0.15) is 31.2 Å². The summed E-state index contributed by atoms with van der Waals surface area (Å²) in [6, 6.07) is 3.32. The Bertz CT molecular complexity index is 887. The molecule has 1 amide bonds. The summed E-state index contributed by atoms with van der Waals surface area (Å²) in [5, 5.41) is 9.90. The number of halogens is 1. The molecule has 1 atom stereocenters. The van der Waals surface area contributed by atoms with Crippen molar-refractivity contribution in [1.82, 2.24) is 14.9 Å². The normalized spacial score (nSPS) is 24.9. The Morgan fingerprint density at radius 2 is 2.25 bits per heavy atom. The van der Waals surface area contributed by atoms with Crippen molar-refractivity contribution in [2.45, 2.75) is 49.9 Å². The maximum absolute atomic E-state index is 14.6. The molecule has 5 rings (SSSR count). The molecule has 3 fully saturated rings. The van der Waals surface area contributed by atoms with Gasteiger partial charge in [0.15, 0.2) is 0 Å². The lowest BCUT2D eigenvalue weighted by atomic mass is 9.76. The summed E-state index contributed by atoms with van der Waals surface area (Å²) < 4.78 is 25.5. The van der Waals surface area contributed by atoms with E-state index < -0.39 is 23.6 Å². The van der Waals surface area contributed by atoms with Crippen LogP contribution in [0, 0.1) is 5.82 Å². The molecule has 1 unspecified atom stereocenters. The lowest BCUT2D eigenvalue weighted by molar-refractivity contribution is -0.135. The molecule has 3 N–H and O–H groups in total. The average molecular weight is 390 g/mol. The molecule has 0 aromatic carbocycles. The summed E-state index contributed by atoms with van der Waals surface area (Å²) in [4.78, 5) is 21.7. The van der Waals surface area contributed by atoms with Crippen LogP contribution in [0.4, 0.5) is 9.18 Å². The monoisotopic (exact) mass is 390 g/mol. The first-order valence-electron chi connectivity index (χ1n) is 9.31. The second-order valence-corrected chi connectivity index (χ2v) is 7.46. The largest absolute Gasteiger partial charge is 0.481 e. The number of pyridine rings is 2. The molecule has 9 heteroatoms. The Morgan fingerprint density at radius 1 is 1.50 bits per heavy atom. The Balaban J connectivity index is 1.69. The van der Waals surface area contributed by atoms with Gasteiger partial charge >= 0.3 is 6.09 Å². The number of fused-ring (bicyclic) bond motifs is 4. The fourth-order valence-electron chi connectivity index (χ4n) is 4.41. The zero-order valence-electron chi connectivity index (χ0n) is 15.6. The van der Waals surface area contributed by atoms with Gasteiger partial charge in [0, 0.05) is 18.1 Å². The van der Waals surface area contributed by atoms with Crippen molar-refractivity contribution in [3.05, 3.63) is 29.7 Å². The number of carboxylic acid groups (broad SMARTS) is 1. The first kappa shape index (κ1) is 18.8. The van der Waals surface area contributed by atoms with E-state index >= 15 is 0 Å². The second-order valence-electron chi connectivity index (χ2n) is 7.46. The van der Waals surface area contributed by atoms with Crippen LogP contribution in [-0.2, 0) is 11.2 Å². The Labute approximate surface area is 161 Å². The van der Waals surface area contributed by atoms with Gasteiger partial charge < -0.3 is 20.3 Å². The number of hydrogen-bond donors (Lipinski definition) is 2.